The molecule has 0 atom stereocenters. The number of benzene rings is 1. The molecule has 0 bridgehead atoms. The minimum absolute atomic E-state index is 0.0463. The van der Waals surface area contributed by atoms with E-state index in [-0.39, 0.29) is 11.7 Å². The molecule has 2 rings (SSSR count). The molecule has 1 heterocycles. The summed E-state index contributed by atoms with van der Waals surface area (Å²) >= 11 is 0. The number of phenolic OH excluding ortho intramolecular Hbond substituents is 1. The molecule has 0 radical (unpaired) electrons. The first-order chi connectivity index (χ1) is 8.74. The molecule has 1 aromatic carbocycles. The summed E-state index contributed by atoms with van der Waals surface area (Å²) in [4.78, 5) is 13.9. The van der Waals surface area contributed by atoms with E-state index in [1.54, 1.807) is 24.3 Å². The van der Waals surface area contributed by atoms with Crippen molar-refractivity contribution in [1.82, 2.24) is 15.5 Å². The summed E-state index contributed by atoms with van der Waals surface area (Å²) in [5, 5.41) is 15.3. The molecule has 1 amide bonds. The Balaban J connectivity index is 1.72. The Bertz CT molecular complexity index is 386. The lowest BCUT2D eigenvalue weighted by molar-refractivity contribution is -0.122. The van der Waals surface area contributed by atoms with Crippen LogP contribution in [0.5, 0.6) is 5.75 Å². The number of phenols is 1. The van der Waals surface area contributed by atoms with Crippen molar-refractivity contribution >= 4 is 5.91 Å². The van der Waals surface area contributed by atoms with Crippen molar-refractivity contribution < 1.29 is 9.90 Å². The highest BCUT2D eigenvalue weighted by atomic mass is 16.3. The zero-order valence-electron chi connectivity index (χ0n) is 10.4. The highest BCUT2D eigenvalue weighted by Gasteiger charge is 2.12. The molecule has 0 spiro atoms. The third kappa shape index (κ3) is 4.01. The molecule has 0 aromatic heterocycles. The number of carbonyl (C=O) groups excluding carboxylic acids is 1. The minimum atomic E-state index is 0.0463. The summed E-state index contributed by atoms with van der Waals surface area (Å²) in [5.74, 6) is 0.288. The largest absolute Gasteiger partial charge is 0.508 e. The molecule has 1 saturated heterocycles. The lowest BCUT2D eigenvalue weighted by atomic mass is 10.2. The Kier molecular flexibility index (Phi) is 4.55. The van der Waals surface area contributed by atoms with Crippen LogP contribution in [0.15, 0.2) is 24.3 Å². The highest BCUT2D eigenvalue weighted by Crippen LogP contribution is 2.09. The zero-order chi connectivity index (χ0) is 12.8. The van der Waals surface area contributed by atoms with E-state index >= 15 is 0 Å². The summed E-state index contributed by atoms with van der Waals surface area (Å²) in [5.41, 5.74) is 0.987. The van der Waals surface area contributed by atoms with Crippen molar-refractivity contribution in [3.8, 4) is 5.75 Å². The molecule has 0 unspecified atom stereocenters. The second kappa shape index (κ2) is 6.37. The maximum atomic E-state index is 11.7. The Labute approximate surface area is 107 Å². The van der Waals surface area contributed by atoms with E-state index in [9.17, 15) is 4.79 Å². The van der Waals surface area contributed by atoms with Gasteiger partial charge in [0.2, 0.25) is 5.91 Å². The summed E-state index contributed by atoms with van der Waals surface area (Å²) in [6.07, 6.45) is 0. The van der Waals surface area contributed by atoms with Gasteiger partial charge >= 0.3 is 0 Å². The average Bonchev–Trinajstić information content (AvgIpc) is 2.39. The van der Waals surface area contributed by atoms with Gasteiger partial charge in [-0.05, 0) is 17.7 Å². The van der Waals surface area contributed by atoms with Gasteiger partial charge in [0.05, 0.1) is 6.54 Å². The van der Waals surface area contributed by atoms with E-state index in [2.05, 4.69) is 15.5 Å². The number of piperazine rings is 1. The minimum Gasteiger partial charge on any atom is -0.508 e. The molecule has 1 aliphatic rings. The standard InChI is InChI=1S/C13H19N3O2/c17-12-3-1-11(2-4-12)9-15-13(18)10-16-7-5-14-6-8-16/h1-4,14,17H,5-10H2,(H,15,18). The van der Waals surface area contributed by atoms with E-state index in [4.69, 9.17) is 5.11 Å². The second-order valence-electron chi connectivity index (χ2n) is 4.47. The van der Waals surface area contributed by atoms with Crippen molar-refractivity contribution in [3.63, 3.8) is 0 Å². The van der Waals surface area contributed by atoms with Crippen molar-refractivity contribution in [1.29, 1.82) is 0 Å². The van der Waals surface area contributed by atoms with Gasteiger partial charge in [0.15, 0.2) is 0 Å². The number of rotatable bonds is 4. The number of hydrogen-bond donors (Lipinski definition) is 3. The molecular weight excluding hydrogens is 230 g/mol. The summed E-state index contributed by atoms with van der Waals surface area (Å²) in [6, 6.07) is 6.86. The smallest absolute Gasteiger partial charge is 0.234 e. The van der Waals surface area contributed by atoms with Gasteiger partial charge in [0.1, 0.15) is 5.75 Å². The average molecular weight is 249 g/mol. The molecule has 5 nitrogen and oxygen atoms in total. The molecule has 98 valence electrons. The first-order valence-electron chi connectivity index (χ1n) is 6.22. The monoisotopic (exact) mass is 249 g/mol. The first-order valence-corrected chi connectivity index (χ1v) is 6.22. The lowest BCUT2D eigenvalue weighted by Crippen LogP contribution is -2.47. The molecule has 3 N–H and O–H groups in total. The molecule has 18 heavy (non-hydrogen) atoms. The van der Waals surface area contributed by atoms with Crippen LogP contribution in [0, 0.1) is 0 Å². The fraction of sp³-hybridized carbons (Fsp3) is 0.462. The SMILES string of the molecule is O=C(CN1CCNCC1)NCc1ccc(O)cc1. The van der Waals surface area contributed by atoms with E-state index in [1.807, 2.05) is 0 Å². The van der Waals surface area contributed by atoms with Crippen LogP contribution in [0.2, 0.25) is 0 Å². The molecule has 0 aliphatic carbocycles. The number of nitrogens with one attached hydrogen (secondary N) is 2. The number of nitrogens with zero attached hydrogens (tertiary/aromatic N) is 1. The van der Waals surface area contributed by atoms with Crippen LogP contribution in [0.25, 0.3) is 0 Å². The topological polar surface area (TPSA) is 64.6 Å². The van der Waals surface area contributed by atoms with Crippen LogP contribution in [0.3, 0.4) is 0 Å². The van der Waals surface area contributed by atoms with E-state index < -0.39 is 0 Å². The predicted molar refractivity (Wildman–Crippen MR) is 69.3 cm³/mol. The van der Waals surface area contributed by atoms with E-state index in [0.29, 0.717) is 13.1 Å². The van der Waals surface area contributed by atoms with Gasteiger partial charge in [-0.3, -0.25) is 9.69 Å². The normalized spacial score (nSPS) is 16.4. The van der Waals surface area contributed by atoms with Gasteiger partial charge in [-0.25, -0.2) is 0 Å². The molecule has 5 heteroatoms. The van der Waals surface area contributed by atoms with Gasteiger partial charge in [0, 0.05) is 32.7 Å². The fourth-order valence-corrected chi connectivity index (χ4v) is 1.94. The molecule has 1 aliphatic heterocycles. The summed E-state index contributed by atoms with van der Waals surface area (Å²) in [7, 11) is 0. The third-order valence-corrected chi connectivity index (χ3v) is 3.00. The number of carbonyl (C=O) groups is 1. The quantitative estimate of drug-likeness (QED) is 0.698. The van der Waals surface area contributed by atoms with Crippen molar-refractivity contribution in [2.24, 2.45) is 0 Å². The second-order valence-corrected chi connectivity index (χ2v) is 4.47. The molecule has 0 saturated carbocycles. The maximum Gasteiger partial charge on any atom is 0.234 e. The number of hydrogen-bond acceptors (Lipinski definition) is 4. The molecular formula is C13H19N3O2. The predicted octanol–water partition coefficient (Wildman–Crippen LogP) is -0.0864. The van der Waals surface area contributed by atoms with E-state index in [0.717, 1.165) is 31.7 Å². The van der Waals surface area contributed by atoms with Crippen molar-refractivity contribution in [2.45, 2.75) is 6.54 Å². The highest BCUT2D eigenvalue weighted by molar-refractivity contribution is 5.78. The van der Waals surface area contributed by atoms with Crippen LogP contribution in [0.1, 0.15) is 5.56 Å². The van der Waals surface area contributed by atoms with Gasteiger partial charge in [-0.15, -0.1) is 0 Å². The van der Waals surface area contributed by atoms with Crippen LogP contribution in [-0.4, -0.2) is 48.6 Å². The first kappa shape index (κ1) is 12.9. The van der Waals surface area contributed by atoms with Gasteiger partial charge < -0.3 is 15.7 Å². The Morgan fingerprint density at radius 1 is 1.28 bits per heavy atom. The van der Waals surface area contributed by atoms with E-state index in [1.165, 1.54) is 0 Å². The molecule has 1 fully saturated rings. The van der Waals surface area contributed by atoms with Crippen LogP contribution >= 0.6 is 0 Å². The molecule has 1 aromatic rings. The Morgan fingerprint density at radius 2 is 1.94 bits per heavy atom. The Hall–Kier alpha value is -1.59. The van der Waals surface area contributed by atoms with Crippen LogP contribution in [0.4, 0.5) is 0 Å². The summed E-state index contributed by atoms with van der Waals surface area (Å²) in [6.45, 7) is 4.71. The van der Waals surface area contributed by atoms with Crippen molar-refractivity contribution in [3.05, 3.63) is 29.8 Å². The van der Waals surface area contributed by atoms with Gasteiger partial charge in [0.25, 0.3) is 0 Å². The third-order valence-electron chi connectivity index (χ3n) is 3.00. The van der Waals surface area contributed by atoms with Crippen molar-refractivity contribution in [2.75, 3.05) is 32.7 Å². The lowest BCUT2D eigenvalue weighted by Gasteiger charge is -2.26. The maximum absolute atomic E-state index is 11.7. The summed E-state index contributed by atoms with van der Waals surface area (Å²) < 4.78 is 0. The van der Waals surface area contributed by atoms with Crippen LogP contribution in [-0.2, 0) is 11.3 Å². The number of aromatic hydroxyl groups is 1. The fourth-order valence-electron chi connectivity index (χ4n) is 1.94. The van der Waals surface area contributed by atoms with Gasteiger partial charge in [-0.2, -0.15) is 0 Å². The zero-order valence-corrected chi connectivity index (χ0v) is 10.4. The number of amides is 1. The van der Waals surface area contributed by atoms with Gasteiger partial charge in [-0.1, -0.05) is 12.1 Å². The van der Waals surface area contributed by atoms with Crippen LogP contribution < -0.4 is 10.6 Å². The Morgan fingerprint density at radius 3 is 2.61 bits per heavy atom.